The molecule has 0 aliphatic heterocycles. The lowest BCUT2D eigenvalue weighted by atomic mass is 10.2. The second-order valence-electron chi connectivity index (χ2n) is 2.62. The van der Waals surface area contributed by atoms with Crippen LogP contribution in [0, 0.1) is 0 Å². The fraction of sp³-hybridized carbons (Fsp3) is 0.167. The third kappa shape index (κ3) is 2.13. The summed E-state index contributed by atoms with van der Waals surface area (Å²) in [5.41, 5.74) is 3.26. The molecule has 0 unspecified atom stereocenters. The Labute approximate surface area is 83.6 Å². The van der Waals surface area contributed by atoms with Crippen molar-refractivity contribution in [3.63, 3.8) is 0 Å². The van der Waals surface area contributed by atoms with Gasteiger partial charge in [-0.05, 0) is 0 Å². The molecule has 15 heavy (non-hydrogen) atoms. The van der Waals surface area contributed by atoms with Crippen molar-refractivity contribution in [1.82, 2.24) is 4.98 Å². The Balaban J connectivity index is 3.62. The molecule has 0 atom stereocenters. The second kappa shape index (κ2) is 3.59. The molecule has 0 aliphatic rings. The third-order valence-corrected chi connectivity index (χ3v) is 2.45. The highest BCUT2D eigenvalue weighted by atomic mass is 32.2. The minimum Gasteiger partial charge on any atom is -0.504 e. The molecule has 84 valence electrons. The molecule has 0 aliphatic carbocycles. The van der Waals surface area contributed by atoms with E-state index in [0.717, 1.165) is 0 Å². The van der Waals surface area contributed by atoms with Crippen LogP contribution in [0.5, 0.6) is 5.75 Å². The number of nitrogens with two attached hydrogens (primary N) is 2. The van der Waals surface area contributed by atoms with Crippen LogP contribution in [0.3, 0.4) is 0 Å². The minimum atomic E-state index is -4.40. The number of sulfonamides is 1. The van der Waals surface area contributed by atoms with Gasteiger partial charge < -0.3 is 10.8 Å². The van der Waals surface area contributed by atoms with Gasteiger partial charge in [0.05, 0.1) is 17.4 Å². The van der Waals surface area contributed by atoms with E-state index in [0.29, 0.717) is 6.20 Å². The van der Waals surface area contributed by atoms with Crippen molar-refractivity contribution >= 4 is 15.7 Å². The van der Waals surface area contributed by atoms with Crippen molar-refractivity contribution in [1.29, 1.82) is 0 Å². The van der Waals surface area contributed by atoms with E-state index < -0.39 is 38.5 Å². The highest BCUT2D eigenvalue weighted by Gasteiger charge is 2.26. The zero-order chi connectivity index (χ0) is 11.8. The Bertz CT molecular complexity index is 489. The predicted octanol–water partition coefficient (Wildman–Crippen LogP) is -0.0456. The number of nitrogen functional groups attached to an aromatic ring is 1. The van der Waals surface area contributed by atoms with Crippen molar-refractivity contribution in [2.24, 2.45) is 5.14 Å². The van der Waals surface area contributed by atoms with Crippen molar-refractivity contribution in [3.05, 3.63) is 11.8 Å². The summed E-state index contributed by atoms with van der Waals surface area (Å²) in [6, 6.07) is 0. The number of nitrogens with zero attached hydrogens (tertiary/aromatic N) is 1. The van der Waals surface area contributed by atoms with Gasteiger partial charge in [-0.3, -0.25) is 0 Å². The Kier molecular flexibility index (Phi) is 2.77. The van der Waals surface area contributed by atoms with E-state index in [1.807, 2.05) is 0 Å². The Morgan fingerprint density at radius 3 is 2.40 bits per heavy atom. The van der Waals surface area contributed by atoms with Gasteiger partial charge in [0.2, 0.25) is 0 Å². The van der Waals surface area contributed by atoms with Crippen molar-refractivity contribution in [2.75, 3.05) is 5.73 Å². The summed E-state index contributed by atoms with van der Waals surface area (Å²) >= 11 is 0. The van der Waals surface area contributed by atoms with Crippen LogP contribution in [0.25, 0.3) is 0 Å². The molecule has 0 aromatic carbocycles. The van der Waals surface area contributed by atoms with Crippen LogP contribution < -0.4 is 10.9 Å². The summed E-state index contributed by atoms with van der Waals surface area (Å²) in [6.07, 6.45) is -2.56. The van der Waals surface area contributed by atoms with Gasteiger partial charge in [-0.25, -0.2) is 27.3 Å². The molecular formula is C6H7F2N3O3S. The van der Waals surface area contributed by atoms with E-state index in [1.165, 1.54) is 0 Å². The van der Waals surface area contributed by atoms with Gasteiger partial charge in [0.25, 0.3) is 16.4 Å². The lowest BCUT2D eigenvalue weighted by molar-refractivity contribution is 0.147. The van der Waals surface area contributed by atoms with Gasteiger partial charge in [0, 0.05) is 0 Å². The third-order valence-electron chi connectivity index (χ3n) is 1.59. The molecule has 0 saturated heterocycles. The lowest BCUT2D eigenvalue weighted by Crippen LogP contribution is -2.17. The van der Waals surface area contributed by atoms with Gasteiger partial charge >= 0.3 is 0 Å². The molecule has 5 N–H and O–H groups in total. The number of hydrogen-bond acceptors (Lipinski definition) is 5. The number of hydrogen-bond donors (Lipinski definition) is 3. The number of alkyl halides is 2. The SMILES string of the molecule is Nc1c(O)cnc(S(N)(=O)=O)c1C(F)F. The fourth-order valence-electron chi connectivity index (χ4n) is 0.950. The van der Waals surface area contributed by atoms with Crippen LogP contribution in [0.1, 0.15) is 12.0 Å². The van der Waals surface area contributed by atoms with Gasteiger partial charge in [0.1, 0.15) is 0 Å². The van der Waals surface area contributed by atoms with Crippen LogP contribution in [-0.2, 0) is 10.0 Å². The zero-order valence-electron chi connectivity index (χ0n) is 7.18. The lowest BCUT2D eigenvalue weighted by Gasteiger charge is -2.09. The summed E-state index contributed by atoms with van der Waals surface area (Å²) in [7, 11) is -4.40. The van der Waals surface area contributed by atoms with Crippen molar-refractivity contribution in [2.45, 2.75) is 11.5 Å². The van der Waals surface area contributed by atoms with E-state index >= 15 is 0 Å². The average molecular weight is 239 g/mol. The number of aromatic nitrogens is 1. The first-order valence-corrected chi connectivity index (χ1v) is 5.08. The van der Waals surface area contributed by atoms with E-state index in [9.17, 15) is 17.2 Å². The smallest absolute Gasteiger partial charge is 0.268 e. The molecule has 1 heterocycles. The van der Waals surface area contributed by atoms with Crippen molar-refractivity contribution in [3.8, 4) is 5.75 Å². The van der Waals surface area contributed by atoms with Gasteiger partial charge in [0.15, 0.2) is 10.8 Å². The minimum absolute atomic E-state index is 0.640. The summed E-state index contributed by atoms with van der Waals surface area (Å²) in [4.78, 5) is 3.11. The summed E-state index contributed by atoms with van der Waals surface area (Å²) in [5.74, 6) is -0.724. The van der Waals surface area contributed by atoms with E-state index in [2.05, 4.69) is 10.1 Å². The average Bonchev–Trinajstić information content (AvgIpc) is 2.06. The molecule has 6 nitrogen and oxygen atoms in total. The summed E-state index contributed by atoms with van der Waals surface area (Å²) in [5, 5.41) is 12.6. The maximum atomic E-state index is 12.4. The summed E-state index contributed by atoms with van der Waals surface area (Å²) in [6.45, 7) is 0. The second-order valence-corrected chi connectivity index (χ2v) is 4.10. The number of primary sulfonamides is 1. The number of aromatic hydroxyl groups is 1. The standard InChI is InChI=1S/C6H7F2N3O3S/c7-5(8)3-4(9)2(12)1-11-6(3)15(10,13)14/h1,5,12H,(H2,9,11)(H2,10,13,14). The number of halogens is 2. The molecule has 0 fully saturated rings. The predicted molar refractivity (Wildman–Crippen MR) is 46.6 cm³/mol. The Morgan fingerprint density at radius 2 is 2.00 bits per heavy atom. The maximum Gasteiger partial charge on any atom is 0.268 e. The molecule has 1 rings (SSSR count). The van der Waals surface area contributed by atoms with E-state index in [4.69, 9.17) is 10.8 Å². The van der Waals surface area contributed by atoms with E-state index in [-0.39, 0.29) is 0 Å². The summed E-state index contributed by atoms with van der Waals surface area (Å²) < 4.78 is 46.6. The molecule has 1 aromatic rings. The topological polar surface area (TPSA) is 119 Å². The number of rotatable bonds is 2. The normalized spacial score (nSPS) is 12.0. The van der Waals surface area contributed by atoms with Gasteiger partial charge in [-0.1, -0.05) is 0 Å². The molecule has 0 saturated carbocycles. The monoisotopic (exact) mass is 239 g/mol. The molecule has 0 bridgehead atoms. The first-order valence-electron chi connectivity index (χ1n) is 3.53. The molecule has 1 aromatic heterocycles. The first kappa shape index (κ1) is 11.6. The van der Waals surface area contributed by atoms with Gasteiger partial charge in [-0.2, -0.15) is 0 Å². The van der Waals surface area contributed by atoms with E-state index in [1.54, 1.807) is 0 Å². The molecular weight excluding hydrogens is 232 g/mol. The maximum absolute atomic E-state index is 12.4. The zero-order valence-corrected chi connectivity index (χ0v) is 8.00. The van der Waals surface area contributed by atoms with Crippen LogP contribution in [-0.4, -0.2) is 18.5 Å². The number of anilines is 1. The molecule has 0 radical (unpaired) electrons. The van der Waals surface area contributed by atoms with Crippen LogP contribution in [0.15, 0.2) is 11.2 Å². The van der Waals surface area contributed by atoms with Crippen LogP contribution >= 0.6 is 0 Å². The van der Waals surface area contributed by atoms with Crippen LogP contribution in [0.2, 0.25) is 0 Å². The van der Waals surface area contributed by atoms with Gasteiger partial charge in [-0.15, -0.1) is 0 Å². The number of pyridine rings is 1. The highest BCUT2D eigenvalue weighted by molar-refractivity contribution is 7.89. The fourth-order valence-corrected chi connectivity index (χ4v) is 1.65. The molecule has 0 amide bonds. The van der Waals surface area contributed by atoms with Crippen molar-refractivity contribution < 1.29 is 22.3 Å². The molecule has 9 heteroatoms. The Hall–Kier alpha value is -1.48. The Morgan fingerprint density at radius 1 is 1.47 bits per heavy atom. The first-order chi connectivity index (χ1) is 6.75. The highest BCUT2D eigenvalue weighted by Crippen LogP contribution is 2.34. The quantitative estimate of drug-likeness (QED) is 0.668. The van der Waals surface area contributed by atoms with Crippen LogP contribution in [0.4, 0.5) is 14.5 Å². The largest absolute Gasteiger partial charge is 0.504 e. The molecule has 0 spiro atoms.